The molecule has 0 saturated carbocycles. The number of ether oxygens (including phenoxy) is 1. The fraction of sp³-hybridized carbons (Fsp3) is 0.410. The van der Waals surface area contributed by atoms with E-state index in [9.17, 15) is 24.6 Å². The molecule has 4 N–H and O–H groups in total. The minimum atomic E-state index is -1.53. The van der Waals surface area contributed by atoms with Crippen LogP contribution >= 0.6 is 11.3 Å². The Kier molecular flexibility index (Phi) is 13.6. The summed E-state index contributed by atoms with van der Waals surface area (Å²) in [4.78, 5) is 48.8. The van der Waals surface area contributed by atoms with Crippen molar-refractivity contribution in [1.82, 2.24) is 20.6 Å². The van der Waals surface area contributed by atoms with E-state index in [2.05, 4.69) is 27.5 Å². The van der Waals surface area contributed by atoms with E-state index >= 15 is 0 Å². The minimum absolute atomic E-state index is 0.0832. The summed E-state index contributed by atoms with van der Waals surface area (Å²) in [6.45, 7) is 10.3. The average Bonchev–Trinajstić information content (AvgIpc) is 3.61. The fourth-order valence-corrected chi connectivity index (χ4v) is 6.20. The van der Waals surface area contributed by atoms with Crippen LogP contribution in [-0.2, 0) is 21.4 Å². The van der Waals surface area contributed by atoms with Gasteiger partial charge in [-0.2, -0.15) is 0 Å². The zero-order valence-electron chi connectivity index (χ0n) is 29.4. The zero-order valence-corrected chi connectivity index (χ0v) is 30.3. The van der Waals surface area contributed by atoms with Gasteiger partial charge in [-0.1, -0.05) is 89.8 Å². The van der Waals surface area contributed by atoms with Gasteiger partial charge in [0.1, 0.15) is 11.8 Å². The predicted octanol–water partition coefficient (Wildman–Crippen LogP) is 6.81. The van der Waals surface area contributed by atoms with Gasteiger partial charge in [-0.05, 0) is 54.2 Å². The Morgan fingerprint density at radius 2 is 1.48 bits per heavy atom. The second kappa shape index (κ2) is 17.9. The summed E-state index contributed by atoms with van der Waals surface area (Å²) >= 11 is 1.34. The highest BCUT2D eigenvalue weighted by Crippen LogP contribution is 2.29. The maximum Gasteiger partial charge on any atom is 0.328 e. The number of carbonyl (C=O) groups excluding carboxylic acids is 2. The molecular weight excluding hydrogens is 653 g/mol. The van der Waals surface area contributed by atoms with E-state index in [1.807, 2.05) is 75.4 Å². The minimum Gasteiger partial charge on any atom is -0.494 e. The number of nitrogens with one attached hydrogen (secondary N) is 2. The molecule has 3 atom stereocenters. The third kappa shape index (κ3) is 10.9. The van der Waals surface area contributed by atoms with Crippen LogP contribution in [0.25, 0.3) is 22.5 Å². The monoisotopic (exact) mass is 700 g/mol. The number of aromatic nitrogens is 2. The van der Waals surface area contributed by atoms with Gasteiger partial charge >= 0.3 is 5.97 Å². The first-order valence-electron chi connectivity index (χ1n) is 17.1. The first-order chi connectivity index (χ1) is 23.8. The maximum atomic E-state index is 13.3. The quantitative estimate of drug-likeness (QED) is 0.0878. The van der Waals surface area contributed by atoms with Crippen LogP contribution < -0.4 is 15.4 Å². The highest BCUT2D eigenvalue weighted by atomic mass is 32.1. The van der Waals surface area contributed by atoms with Crippen LogP contribution in [0.3, 0.4) is 0 Å². The number of aliphatic hydroxyl groups excluding tert-OH is 1. The molecule has 10 nitrogen and oxygen atoms in total. The van der Waals surface area contributed by atoms with Crippen molar-refractivity contribution in [3.05, 3.63) is 88.4 Å². The summed E-state index contributed by atoms with van der Waals surface area (Å²) in [7, 11) is 0. The van der Waals surface area contributed by atoms with Gasteiger partial charge < -0.3 is 25.6 Å². The standard InChI is InChI=1S/C39H48N4O6S/c1-6-7-8-9-10-21-49-30-17-15-27(16-18-30)29-23-40-35(41-24-29)28-13-11-26(12-14-28)22-31(36(45)43-34(25(2)44)38(47)48)42-37(46)32-19-20-33(50-32)39(3,4)5/h11-20,23-25,31,34,44H,6-10,21-22H2,1-5H3,(H,42,46)(H,43,45)(H,47,48)/t25-,31+,34+/m1/s1. The number of thiophene rings is 1. The number of carboxylic acids is 1. The maximum absolute atomic E-state index is 13.3. The molecule has 2 aromatic carbocycles. The second-order valence-electron chi connectivity index (χ2n) is 13.5. The van der Waals surface area contributed by atoms with Crippen molar-refractivity contribution in [3.8, 4) is 28.3 Å². The third-order valence-electron chi connectivity index (χ3n) is 8.25. The summed E-state index contributed by atoms with van der Waals surface area (Å²) in [6, 6.07) is 16.2. The summed E-state index contributed by atoms with van der Waals surface area (Å²) in [6.07, 6.45) is 8.26. The first kappa shape index (κ1) is 38.2. The van der Waals surface area contributed by atoms with Crippen LogP contribution in [0.15, 0.2) is 73.1 Å². The molecule has 0 radical (unpaired) electrons. The van der Waals surface area contributed by atoms with Gasteiger partial charge in [0.2, 0.25) is 5.91 Å². The van der Waals surface area contributed by atoms with Crippen LogP contribution in [0.5, 0.6) is 5.75 Å². The first-order valence-corrected chi connectivity index (χ1v) is 17.9. The third-order valence-corrected chi connectivity index (χ3v) is 9.75. The fourth-order valence-electron chi connectivity index (χ4n) is 5.24. The lowest BCUT2D eigenvalue weighted by Gasteiger charge is -2.23. The van der Waals surface area contributed by atoms with Gasteiger partial charge in [0.05, 0.1) is 17.6 Å². The molecule has 50 heavy (non-hydrogen) atoms. The molecule has 2 heterocycles. The summed E-state index contributed by atoms with van der Waals surface area (Å²) in [5.74, 6) is -1.17. The van der Waals surface area contributed by atoms with E-state index in [-0.39, 0.29) is 11.8 Å². The summed E-state index contributed by atoms with van der Waals surface area (Å²) < 4.78 is 5.88. The zero-order chi connectivity index (χ0) is 36.3. The van der Waals surface area contributed by atoms with Crippen molar-refractivity contribution < 1.29 is 29.3 Å². The molecule has 266 valence electrons. The molecule has 2 aromatic heterocycles. The molecule has 0 spiro atoms. The van der Waals surface area contributed by atoms with Gasteiger partial charge in [0.25, 0.3) is 5.91 Å². The number of hydrogen-bond acceptors (Lipinski definition) is 8. The lowest BCUT2D eigenvalue weighted by molar-refractivity contribution is -0.145. The molecule has 0 aliphatic heterocycles. The van der Waals surface area contributed by atoms with Gasteiger partial charge in [-0.15, -0.1) is 11.3 Å². The van der Waals surface area contributed by atoms with E-state index in [0.717, 1.165) is 39.3 Å². The van der Waals surface area contributed by atoms with E-state index < -0.39 is 36.0 Å². The number of aliphatic hydroxyl groups is 1. The van der Waals surface area contributed by atoms with E-state index in [1.165, 1.54) is 43.9 Å². The van der Waals surface area contributed by atoms with Crippen molar-refractivity contribution in [2.75, 3.05) is 6.61 Å². The number of aliphatic carboxylic acids is 1. The SMILES string of the molecule is CCCCCCCOc1ccc(-c2cnc(-c3ccc(C[C@H](NC(=O)c4ccc(C(C)(C)C)s4)C(=O)N[C@H](C(=O)O)[C@@H](C)O)cc3)nc2)cc1. The Bertz CT molecular complexity index is 1700. The van der Waals surface area contributed by atoms with Crippen molar-refractivity contribution in [2.24, 2.45) is 0 Å². The highest BCUT2D eigenvalue weighted by Gasteiger charge is 2.30. The molecule has 0 aliphatic rings. The normalized spacial score (nSPS) is 13.2. The smallest absolute Gasteiger partial charge is 0.328 e. The molecule has 4 rings (SSSR count). The molecule has 2 amide bonds. The van der Waals surface area contributed by atoms with E-state index in [0.29, 0.717) is 17.3 Å². The van der Waals surface area contributed by atoms with Gasteiger partial charge in [-0.25, -0.2) is 14.8 Å². The van der Waals surface area contributed by atoms with Crippen LogP contribution in [0.1, 0.15) is 86.8 Å². The van der Waals surface area contributed by atoms with E-state index in [4.69, 9.17) is 4.74 Å². The van der Waals surface area contributed by atoms with Crippen molar-refractivity contribution in [2.45, 2.75) is 96.7 Å². The van der Waals surface area contributed by atoms with Crippen LogP contribution in [0.2, 0.25) is 0 Å². The molecule has 0 fully saturated rings. The molecular formula is C39H48N4O6S. The number of carbonyl (C=O) groups is 3. The van der Waals surface area contributed by atoms with Crippen molar-refractivity contribution in [1.29, 1.82) is 0 Å². The van der Waals surface area contributed by atoms with E-state index in [1.54, 1.807) is 18.5 Å². The molecule has 0 aliphatic carbocycles. The van der Waals surface area contributed by atoms with Crippen LogP contribution in [0, 0.1) is 0 Å². The second-order valence-corrected chi connectivity index (χ2v) is 14.6. The number of benzene rings is 2. The van der Waals surface area contributed by atoms with Gasteiger partial charge in [-0.3, -0.25) is 9.59 Å². The Morgan fingerprint density at radius 3 is 2.06 bits per heavy atom. The Hall–Kier alpha value is -4.61. The predicted molar refractivity (Wildman–Crippen MR) is 196 cm³/mol. The Morgan fingerprint density at radius 1 is 0.840 bits per heavy atom. The number of carboxylic acid groups (broad SMARTS) is 1. The highest BCUT2D eigenvalue weighted by molar-refractivity contribution is 7.14. The average molecular weight is 701 g/mol. The lowest BCUT2D eigenvalue weighted by atomic mass is 9.95. The molecule has 0 unspecified atom stereocenters. The van der Waals surface area contributed by atoms with Crippen LogP contribution in [-0.4, -0.2) is 62.8 Å². The molecule has 0 saturated heterocycles. The van der Waals surface area contributed by atoms with Crippen LogP contribution in [0.4, 0.5) is 0 Å². The number of unbranched alkanes of at least 4 members (excludes halogenated alkanes) is 4. The largest absolute Gasteiger partial charge is 0.494 e. The van der Waals surface area contributed by atoms with Crippen molar-refractivity contribution >= 4 is 29.1 Å². The van der Waals surface area contributed by atoms with Gasteiger partial charge in [0.15, 0.2) is 11.9 Å². The topological polar surface area (TPSA) is 151 Å². The Labute approximate surface area is 298 Å². The summed E-state index contributed by atoms with van der Waals surface area (Å²) in [5.41, 5.74) is 3.19. The number of rotatable bonds is 17. The number of nitrogens with zero attached hydrogens (tertiary/aromatic N) is 2. The molecule has 4 aromatic rings. The number of hydrogen-bond donors (Lipinski definition) is 4. The molecule has 0 bridgehead atoms. The lowest BCUT2D eigenvalue weighted by Crippen LogP contribution is -2.55. The van der Waals surface area contributed by atoms with Gasteiger partial charge in [0, 0.05) is 34.8 Å². The van der Waals surface area contributed by atoms with Crippen molar-refractivity contribution in [3.63, 3.8) is 0 Å². The summed E-state index contributed by atoms with van der Waals surface area (Å²) in [5, 5.41) is 24.6. The molecule has 11 heteroatoms. The number of amides is 2. The Balaban J connectivity index is 1.42.